The molecule has 4 unspecified atom stereocenters. The highest BCUT2D eigenvalue weighted by Gasteiger charge is 2.51. The van der Waals surface area contributed by atoms with Gasteiger partial charge < -0.3 is 4.79 Å². The Labute approximate surface area is 106 Å². The molecule has 4 atom stereocenters. The van der Waals surface area contributed by atoms with Gasteiger partial charge in [-0.2, -0.15) is 0 Å². The maximum atomic E-state index is 11.0. The lowest BCUT2D eigenvalue weighted by Gasteiger charge is -2.56. The van der Waals surface area contributed by atoms with Crippen LogP contribution < -0.4 is 0 Å². The number of fused-ring (bicyclic) bond motifs is 1. The zero-order valence-electron chi connectivity index (χ0n) is 11.7. The number of carbonyl (C=O) groups excluding carboxylic acids is 1. The van der Waals surface area contributed by atoms with Crippen LogP contribution in [0.15, 0.2) is 12.2 Å². The van der Waals surface area contributed by atoms with Gasteiger partial charge in [-0.15, -0.1) is 0 Å². The summed E-state index contributed by atoms with van der Waals surface area (Å²) >= 11 is 0. The van der Waals surface area contributed by atoms with E-state index >= 15 is 0 Å². The highest BCUT2D eigenvalue weighted by atomic mass is 16.1. The molecule has 0 bridgehead atoms. The number of hydrogen-bond acceptors (Lipinski definition) is 1. The standard InChI is InChI=1S/C16H26O/c1-12-6-7-14-15(2,3)9-5-10-16(14,4)13(12)8-11-17/h5,10-14H,6-9H2,1-4H3. The molecular weight excluding hydrogens is 208 g/mol. The van der Waals surface area contributed by atoms with Gasteiger partial charge in [0.1, 0.15) is 6.29 Å². The molecule has 1 heteroatoms. The van der Waals surface area contributed by atoms with Gasteiger partial charge in [-0.1, -0.05) is 46.3 Å². The van der Waals surface area contributed by atoms with Crippen LogP contribution in [0.2, 0.25) is 0 Å². The molecule has 0 aromatic rings. The van der Waals surface area contributed by atoms with Crippen LogP contribution in [0, 0.1) is 28.6 Å². The summed E-state index contributed by atoms with van der Waals surface area (Å²) in [4.78, 5) is 11.0. The molecule has 2 rings (SSSR count). The van der Waals surface area contributed by atoms with E-state index in [-0.39, 0.29) is 5.41 Å². The molecule has 96 valence electrons. The topological polar surface area (TPSA) is 17.1 Å². The van der Waals surface area contributed by atoms with Crippen molar-refractivity contribution < 1.29 is 4.79 Å². The fourth-order valence-electron chi connectivity index (χ4n) is 4.63. The summed E-state index contributed by atoms with van der Waals surface area (Å²) in [5.41, 5.74) is 0.630. The first-order valence-corrected chi connectivity index (χ1v) is 7.03. The maximum Gasteiger partial charge on any atom is 0.120 e. The van der Waals surface area contributed by atoms with Gasteiger partial charge in [0, 0.05) is 6.42 Å². The molecule has 17 heavy (non-hydrogen) atoms. The number of carbonyl (C=O) groups is 1. The van der Waals surface area contributed by atoms with Crippen LogP contribution >= 0.6 is 0 Å². The van der Waals surface area contributed by atoms with Crippen molar-refractivity contribution in [2.45, 2.75) is 53.4 Å². The Hall–Kier alpha value is -0.590. The lowest BCUT2D eigenvalue weighted by atomic mass is 9.48. The Morgan fingerprint density at radius 2 is 2.00 bits per heavy atom. The van der Waals surface area contributed by atoms with Gasteiger partial charge in [0.25, 0.3) is 0 Å². The van der Waals surface area contributed by atoms with Gasteiger partial charge in [0.15, 0.2) is 0 Å². The average molecular weight is 234 g/mol. The lowest BCUT2D eigenvalue weighted by Crippen LogP contribution is -2.49. The van der Waals surface area contributed by atoms with Crippen molar-refractivity contribution in [1.82, 2.24) is 0 Å². The van der Waals surface area contributed by atoms with Crippen LogP contribution in [0.25, 0.3) is 0 Å². The molecule has 1 fully saturated rings. The highest BCUT2D eigenvalue weighted by Crippen LogP contribution is 2.59. The van der Waals surface area contributed by atoms with E-state index in [0.29, 0.717) is 17.3 Å². The normalized spacial score (nSPS) is 44.1. The van der Waals surface area contributed by atoms with E-state index in [1.165, 1.54) is 19.3 Å². The third kappa shape index (κ3) is 1.98. The molecule has 1 saturated carbocycles. The first-order valence-electron chi connectivity index (χ1n) is 7.03. The van der Waals surface area contributed by atoms with Crippen molar-refractivity contribution in [3.05, 3.63) is 12.2 Å². The molecule has 0 aliphatic heterocycles. The molecule has 0 aromatic carbocycles. The third-order valence-electron chi connectivity index (χ3n) is 5.56. The third-order valence-corrected chi connectivity index (χ3v) is 5.56. The largest absolute Gasteiger partial charge is 0.303 e. The summed E-state index contributed by atoms with van der Waals surface area (Å²) in [5, 5.41) is 0. The first kappa shape index (κ1) is 12.9. The van der Waals surface area contributed by atoms with E-state index in [4.69, 9.17) is 0 Å². The summed E-state index contributed by atoms with van der Waals surface area (Å²) < 4.78 is 0. The maximum absolute atomic E-state index is 11.0. The molecule has 0 aromatic heterocycles. The van der Waals surface area contributed by atoms with Gasteiger partial charge in [0.2, 0.25) is 0 Å². The zero-order chi connectivity index (χ0) is 12.7. The summed E-state index contributed by atoms with van der Waals surface area (Å²) in [6, 6.07) is 0. The van der Waals surface area contributed by atoms with Gasteiger partial charge in [0.05, 0.1) is 0 Å². The summed E-state index contributed by atoms with van der Waals surface area (Å²) in [6.45, 7) is 9.50. The summed E-state index contributed by atoms with van der Waals surface area (Å²) in [7, 11) is 0. The minimum atomic E-state index is 0.236. The molecule has 1 nitrogen and oxygen atoms in total. The Bertz CT molecular complexity index is 328. The minimum absolute atomic E-state index is 0.236. The van der Waals surface area contributed by atoms with Crippen molar-refractivity contribution in [3.63, 3.8) is 0 Å². The predicted octanol–water partition coefficient (Wildman–Crippen LogP) is 4.23. The first-order chi connectivity index (χ1) is 7.92. The average Bonchev–Trinajstić information content (AvgIpc) is 2.22. The molecule has 0 heterocycles. The fourth-order valence-corrected chi connectivity index (χ4v) is 4.63. The number of rotatable bonds is 2. The highest BCUT2D eigenvalue weighted by molar-refractivity contribution is 5.50. The van der Waals surface area contributed by atoms with Gasteiger partial charge in [-0.3, -0.25) is 0 Å². The van der Waals surface area contributed by atoms with Crippen LogP contribution in [0.4, 0.5) is 0 Å². The second-order valence-electron chi connectivity index (χ2n) is 7.08. The van der Waals surface area contributed by atoms with Gasteiger partial charge in [-0.05, 0) is 41.4 Å². The minimum Gasteiger partial charge on any atom is -0.303 e. The van der Waals surface area contributed by atoms with Crippen molar-refractivity contribution in [2.24, 2.45) is 28.6 Å². The summed E-state index contributed by atoms with van der Waals surface area (Å²) in [5.74, 6) is 1.95. The van der Waals surface area contributed by atoms with Gasteiger partial charge in [-0.25, -0.2) is 0 Å². The zero-order valence-corrected chi connectivity index (χ0v) is 11.7. The second kappa shape index (κ2) is 4.26. The quantitative estimate of drug-likeness (QED) is 0.516. The summed E-state index contributed by atoms with van der Waals surface area (Å²) in [6.07, 6.45) is 10.4. The van der Waals surface area contributed by atoms with E-state index in [9.17, 15) is 4.79 Å². The fraction of sp³-hybridized carbons (Fsp3) is 0.812. The lowest BCUT2D eigenvalue weighted by molar-refractivity contribution is -0.112. The van der Waals surface area contributed by atoms with E-state index in [1.807, 2.05) is 0 Å². The number of allylic oxidation sites excluding steroid dienone is 2. The monoisotopic (exact) mass is 234 g/mol. The number of aldehydes is 1. The van der Waals surface area contributed by atoms with Crippen molar-refractivity contribution in [2.75, 3.05) is 0 Å². The Kier molecular flexibility index (Phi) is 3.22. The smallest absolute Gasteiger partial charge is 0.120 e. The van der Waals surface area contributed by atoms with Crippen molar-refractivity contribution in [1.29, 1.82) is 0 Å². The van der Waals surface area contributed by atoms with Crippen molar-refractivity contribution >= 4 is 6.29 Å². The Morgan fingerprint density at radius 1 is 1.29 bits per heavy atom. The predicted molar refractivity (Wildman–Crippen MR) is 71.7 cm³/mol. The van der Waals surface area contributed by atoms with Crippen molar-refractivity contribution in [3.8, 4) is 0 Å². The van der Waals surface area contributed by atoms with Crippen LogP contribution in [0.5, 0.6) is 0 Å². The van der Waals surface area contributed by atoms with Gasteiger partial charge >= 0.3 is 0 Å². The second-order valence-corrected chi connectivity index (χ2v) is 7.08. The van der Waals surface area contributed by atoms with Crippen LogP contribution in [-0.4, -0.2) is 6.29 Å². The number of hydrogen-bond donors (Lipinski definition) is 0. The molecule has 0 amide bonds. The van der Waals surface area contributed by atoms with E-state index in [1.54, 1.807) is 0 Å². The Morgan fingerprint density at radius 3 is 2.65 bits per heavy atom. The molecule has 0 spiro atoms. The SMILES string of the molecule is CC1CCC2C(C)(C)CC=CC2(C)C1CC=O. The molecule has 0 radical (unpaired) electrons. The molecule has 0 N–H and O–H groups in total. The van der Waals surface area contributed by atoms with E-state index in [2.05, 4.69) is 39.8 Å². The molecule has 2 aliphatic rings. The molecule has 0 saturated heterocycles. The van der Waals surface area contributed by atoms with Crippen LogP contribution in [0.3, 0.4) is 0 Å². The van der Waals surface area contributed by atoms with E-state index < -0.39 is 0 Å². The molecule has 2 aliphatic carbocycles. The Balaban J connectivity index is 2.37. The molecular formula is C16H26O. The van der Waals surface area contributed by atoms with E-state index in [0.717, 1.165) is 18.6 Å². The van der Waals surface area contributed by atoms with Crippen LogP contribution in [0.1, 0.15) is 53.4 Å². The van der Waals surface area contributed by atoms with Crippen LogP contribution in [-0.2, 0) is 4.79 Å².